The Morgan fingerprint density at radius 2 is 1.11 bits per heavy atom. The lowest BCUT2D eigenvalue weighted by Gasteiger charge is -2.06. The number of unbranched alkanes of at least 4 members (excludes halogenated alkanes) is 1. The van der Waals surface area contributed by atoms with Crippen molar-refractivity contribution < 1.29 is 0 Å². The van der Waals surface area contributed by atoms with E-state index in [0.29, 0.717) is 0 Å². The molecule has 2 nitrogen and oxygen atoms in total. The molecule has 0 N–H and O–H groups in total. The van der Waals surface area contributed by atoms with Crippen LogP contribution in [0.5, 0.6) is 0 Å². The summed E-state index contributed by atoms with van der Waals surface area (Å²) in [5.41, 5.74) is 6.45. The second kappa shape index (κ2) is 10.0. The zero-order valence-corrected chi connectivity index (χ0v) is 16.6. The van der Waals surface area contributed by atoms with Crippen LogP contribution in [0, 0.1) is 0 Å². The van der Waals surface area contributed by atoms with Crippen molar-refractivity contribution in [1.29, 1.82) is 0 Å². The Labute approximate surface area is 163 Å². The monoisotopic (exact) mass is 358 g/mol. The van der Waals surface area contributed by atoms with Gasteiger partial charge in [0.15, 0.2) is 0 Å². The summed E-state index contributed by atoms with van der Waals surface area (Å²) in [4.78, 5) is 9.16. The molecule has 140 valence electrons. The minimum Gasteiger partial charge on any atom is -0.241 e. The van der Waals surface area contributed by atoms with E-state index < -0.39 is 0 Å². The summed E-state index contributed by atoms with van der Waals surface area (Å²) in [7, 11) is 0. The first kappa shape index (κ1) is 19.3. The summed E-state index contributed by atoms with van der Waals surface area (Å²) in [5.74, 6) is 0.913. The molecule has 0 aliphatic rings. The van der Waals surface area contributed by atoms with Gasteiger partial charge in [0.1, 0.15) is 5.82 Å². The zero-order chi connectivity index (χ0) is 18.9. The SMILES string of the molecule is CCCCc1ccc(-c2cnc(CCc3ccc(CCC)cc3)nc2)cc1. The molecule has 0 saturated heterocycles. The number of aryl methyl sites for hydroxylation is 4. The third kappa shape index (κ3) is 5.75. The normalized spacial score (nSPS) is 10.9. The van der Waals surface area contributed by atoms with Crippen molar-refractivity contribution in [2.24, 2.45) is 0 Å². The van der Waals surface area contributed by atoms with Crippen LogP contribution in [0.2, 0.25) is 0 Å². The molecule has 0 radical (unpaired) electrons. The Bertz CT molecular complexity index is 802. The molecule has 1 aromatic heterocycles. The molecule has 0 unspecified atom stereocenters. The Hall–Kier alpha value is -2.48. The number of rotatable bonds is 9. The van der Waals surface area contributed by atoms with E-state index in [4.69, 9.17) is 0 Å². The van der Waals surface area contributed by atoms with Crippen LogP contribution in [0.25, 0.3) is 11.1 Å². The van der Waals surface area contributed by atoms with E-state index in [2.05, 4.69) is 72.3 Å². The maximum Gasteiger partial charge on any atom is 0.128 e. The summed E-state index contributed by atoms with van der Waals surface area (Å²) in [6.07, 6.45) is 11.8. The van der Waals surface area contributed by atoms with Gasteiger partial charge in [0.2, 0.25) is 0 Å². The lowest BCUT2D eigenvalue weighted by molar-refractivity contribution is 0.795. The molecule has 2 aromatic carbocycles. The fraction of sp³-hybridized carbons (Fsp3) is 0.360. The molecule has 0 aliphatic heterocycles. The molecule has 3 aromatic rings. The minimum absolute atomic E-state index is 0.878. The van der Waals surface area contributed by atoms with Crippen molar-refractivity contribution in [3.63, 3.8) is 0 Å². The first-order valence-electron chi connectivity index (χ1n) is 10.3. The van der Waals surface area contributed by atoms with Gasteiger partial charge in [-0.25, -0.2) is 9.97 Å². The molecular weight excluding hydrogens is 328 g/mol. The van der Waals surface area contributed by atoms with Gasteiger partial charge in [-0.1, -0.05) is 75.2 Å². The maximum atomic E-state index is 4.58. The highest BCUT2D eigenvalue weighted by Crippen LogP contribution is 2.19. The summed E-state index contributed by atoms with van der Waals surface area (Å²) < 4.78 is 0. The van der Waals surface area contributed by atoms with E-state index in [9.17, 15) is 0 Å². The molecule has 0 aliphatic carbocycles. The number of benzene rings is 2. The van der Waals surface area contributed by atoms with Crippen LogP contribution in [0.4, 0.5) is 0 Å². The highest BCUT2D eigenvalue weighted by atomic mass is 14.9. The lowest BCUT2D eigenvalue weighted by atomic mass is 10.0. The summed E-state index contributed by atoms with van der Waals surface area (Å²) in [6.45, 7) is 4.45. The fourth-order valence-corrected chi connectivity index (χ4v) is 3.30. The average Bonchev–Trinajstić information content (AvgIpc) is 2.73. The van der Waals surface area contributed by atoms with Crippen LogP contribution in [-0.4, -0.2) is 9.97 Å². The topological polar surface area (TPSA) is 25.8 Å². The van der Waals surface area contributed by atoms with Gasteiger partial charge < -0.3 is 0 Å². The Morgan fingerprint density at radius 1 is 0.556 bits per heavy atom. The van der Waals surface area contributed by atoms with Gasteiger partial charge in [0.05, 0.1) is 0 Å². The molecule has 3 rings (SSSR count). The molecule has 0 atom stereocenters. The second-order valence-electron chi connectivity index (χ2n) is 7.25. The predicted molar refractivity (Wildman–Crippen MR) is 114 cm³/mol. The van der Waals surface area contributed by atoms with Crippen molar-refractivity contribution in [3.8, 4) is 11.1 Å². The van der Waals surface area contributed by atoms with Crippen molar-refractivity contribution in [1.82, 2.24) is 9.97 Å². The largest absolute Gasteiger partial charge is 0.241 e. The van der Waals surface area contributed by atoms with E-state index in [1.807, 2.05) is 12.4 Å². The van der Waals surface area contributed by atoms with Crippen molar-refractivity contribution in [2.45, 2.75) is 58.8 Å². The molecule has 2 heteroatoms. The maximum absolute atomic E-state index is 4.58. The first-order valence-corrected chi connectivity index (χ1v) is 10.3. The first-order chi connectivity index (χ1) is 13.3. The van der Waals surface area contributed by atoms with Gasteiger partial charge in [-0.05, 0) is 47.9 Å². The van der Waals surface area contributed by atoms with Crippen LogP contribution in [0.1, 0.15) is 55.6 Å². The molecule has 0 fully saturated rings. The quantitative estimate of drug-likeness (QED) is 0.453. The van der Waals surface area contributed by atoms with Crippen molar-refractivity contribution in [2.75, 3.05) is 0 Å². The second-order valence-corrected chi connectivity index (χ2v) is 7.25. The molecule has 27 heavy (non-hydrogen) atoms. The highest BCUT2D eigenvalue weighted by Gasteiger charge is 2.03. The van der Waals surface area contributed by atoms with Gasteiger partial charge in [0.25, 0.3) is 0 Å². The molecular formula is C25H30N2. The van der Waals surface area contributed by atoms with Gasteiger partial charge >= 0.3 is 0 Å². The van der Waals surface area contributed by atoms with Crippen LogP contribution in [0.15, 0.2) is 60.9 Å². The third-order valence-corrected chi connectivity index (χ3v) is 5.01. The minimum atomic E-state index is 0.878. The lowest BCUT2D eigenvalue weighted by Crippen LogP contribution is -1.98. The van der Waals surface area contributed by atoms with Gasteiger partial charge in [0, 0.05) is 24.4 Å². The fourth-order valence-electron chi connectivity index (χ4n) is 3.30. The van der Waals surface area contributed by atoms with E-state index in [1.165, 1.54) is 41.5 Å². The smallest absolute Gasteiger partial charge is 0.128 e. The standard InChI is InChI=1S/C25H30N2/c1-3-5-7-21-12-15-23(16-13-21)24-18-26-25(27-19-24)17-14-22-10-8-20(6-4-2)9-11-22/h8-13,15-16,18-19H,3-7,14,17H2,1-2H3. The average molecular weight is 359 g/mol. The molecule has 0 amide bonds. The van der Waals surface area contributed by atoms with Gasteiger partial charge in [-0.3, -0.25) is 0 Å². The highest BCUT2D eigenvalue weighted by molar-refractivity contribution is 5.61. The van der Waals surface area contributed by atoms with Crippen molar-refractivity contribution >= 4 is 0 Å². The Balaban J connectivity index is 1.56. The zero-order valence-electron chi connectivity index (χ0n) is 16.6. The summed E-state index contributed by atoms with van der Waals surface area (Å²) in [5, 5.41) is 0. The van der Waals surface area contributed by atoms with Crippen LogP contribution < -0.4 is 0 Å². The van der Waals surface area contributed by atoms with E-state index in [-0.39, 0.29) is 0 Å². The van der Waals surface area contributed by atoms with E-state index in [0.717, 1.165) is 37.1 Å². The number of hydrogen-bond donors (Lipinski definition) is 0. The van der Waals surface area contributed by atoms with Crippen molar-refractivity contribution in [3.05, 3.63) is 83.4 Å². The summed E-state index contributed by atoms with van der Waals surface area (Å²) in [6, 6.07) is 17.8. The number of hydrogen-bond acceptors (Lipinski definition) is 2. The molecule has 1 heterocycles. The Morgan fingerprint density at radius 3 is 1.70 bits per heavy atom. The van der Waals surface area contributed by atoms with Crippen LogP contribution in [-0.2, 0) is 25.7 Å². The van der Waals surface area contributed by atoms with Gasteiger partial charge in [-0.15, -0.1) is 0 Å². The van der Waals surface area contributed by atoms with Crippen LogP contribution >= 0.6 is 0 Å². The predicted octanol–water partition coefficient (Wildman–Crippen LogP) is 6.22. The van der Waals surface area contributed by atoms with E-state index in [1.54, 1.807) is 0 Å². The third-order valence-electron chi connectivity index (χ3n) is 5.01. The van der Waals surface area contributed by atoms with Gasteiger partial charge in [-0.2, -0.15) is 0 Å². The molecule has 0 bridgehead atoms. The Kier molecular flexibility index (Phi) is 7.15. The number of nitrogens with zero attached hydrogens (tertiary/aromatic N) is 2. The van der Waals surface area contributed by atoms with Crippen LogP contribution in [0.3, 0.4) is 0 Å². The number of aromatic nitrogens is 2. The summed E-state index contributed by atoms with van der Waals surface area (Å²) >= 11 is 0. The molecule has 0 spiro atoms. The molecule has 0 saturated carbocycles. The van der Waals surface area contributed by atoms with E-state index >= 15 is 0 Å².